The molecule has 0 radical (unpaired) electrons. The third-order valence-electron chi connectivity index (χ3n) is 3.59. The van der Waals surface area contributed by atoms with Gasteiger partial charge >= 0.3 is 6.18 Å². The molecule has 0 unspecified atom stereocenters. The summed E-state index contributed by atoms with van der Waals surface area (Å²) in [6.45, 7) is 3.09. The largest absolute Gasteiger partial charge is 0.434 e. The molecule has 1 aromatic carbocycles. The Balaban J connectivity index is 0.00000300. The second-order valence-electron chi connectivity index (χ2n) is 5.67. The normalized spacial score (nSPS) is 11.8. The lowest BCUT2D eigenvalue weighted by atomic mass is 10.2. The molecule has 0 fully saturated rings. The number of hydrogen-bond acceptors (Lipinski definition) is 5. The molecule has 2 N–H and O–H groups in total. The molecule has 0 spiro atoms. The topological polar surface area (TPSA) is 62.2 Å². The fourth-order valence-corrected chi connectivity index (χ4v) is 3.76. The number of nitrogens with zero attached hydrogens (tertiary/aromatic N) is 3. The lowest BCUT2D eigenvalue weighted by molar-refractivity contribution is -0.140. The number of nitrogens with one attached hydrogen (secondary N) is 2. The zero-order valence-corrected chi connectivity index (χ0v) is 19.3. The zero-order valence-electron chi connectivity index (χ0n) is 15.4. The molecule has 0 aliphatic rings. The zero-order chi connectivity index (χ0) is 20.0. The SMILES string of the molecule is CCNC(=NCc1nc(C(F)(F)F)cs1)NCc1nc(-c2ccccc2)cs1.I. The van der Waals surface area contributed by atoms with E-state index in [9.17, 15) is 13.2 Å². The molecule has 156 valence electrons. The van der Waals surface area contributed by atoms with Gasteiger partial charge in [0, 0.05) is 22.9 Å². The van der Waals surface area contributed by atoms with Crippen molar-refractivity contribution >= 4 is 52.6 Å². The molecule has 2 aromatic heterocycles. The summed E-state index contributed by atoms with van der Waals surface area (Å²) in [5.74, 6) is 0.503. The van der Waals surface area contributed by atoms with Crippen LogP contribution in [0.25, 0.3) is 11.3 Å². The van der Waals surface area contributed by atoms with Crippen LogP contribution in [0.1, 0.15) is 22.6 Å². The van der Waals surface area contributed by atoms with Crippen LogP contribution >= 0.6 is 46.7 Å². The Morgan fingerprint density at radius 3 is 2.41 bits per heavy atom. The standard InChI is InChI=1S/C18H18F3N5S2.HI/c1-2-22-17(24-9-16-26-14(11-28-16)18(19,20)21)23-8-15-25-13(10-27-15)12-6-4-3-5-7-12;/h3-7,10-11H,2,8-9H2,1H3,(H2,22,23,24);1H. The minimum atomic E-state index is -4.43. The highest BCUT2D eigenvalue weighted by Crippen LogP contribution is 2.30. The number of aromatic nitrogens is 2. The van der Waals surface area contributed by atoms with Crippen molar-refractivity contribution in [3.8, 4) is 11.3 Å². The Morgan fingerprint density at radius 2 is 1.76 bits per heavy atom. The molecule has 3 aromatic rings. The van der Waals surface area contributed by atoms with E-state index in [0.29, 0.717) is 24.1 Å². The van der Waals surface area contributed by atoms with E-state index in [2.05, 4.69) is 25.6 Å². The lowest BCUT2D eigenvalue weighted by Gasteiger charge is -2.09. The number of halogens is 4. The molecule has 0 bridgehead atoms. The van der Waals surface area contributed by atoms with Gasteiger partial charge in [0.25, 0.3) is 0 Å². The van der Waals surface area contributed by atoms with Gasteiger partial charge < -0.3 is 10.6 Å². The third kappa shape index (κ3) is 6.93. The van der Waals surface area contributed by atoms with E-state index in [1.165, 1.54) is 11.3 Å². The van der Waals surface area contributed by atoms with Crippen LogP contribution in [0.3, 0.4) is 0 Å². The molecule has 0 saturated carbocycles. The molecule has 0 amide bonds. The van der Waals surface area contributed by atoms with Crippen LogP contribution < -0.4 is 10.6 Å². The van der Waals surface area contributed by atoms with Gasteiger partial charge in [0.1, 0.15) is 10.0 Å². The van der Waals surface area contributed by atoms with Crippen molar-refractivity contribution in [2.24, 2.45) is 4.99 Å². The van der Waals surface area contributed by atoms with Gasteiger partial charge in [-0.1, -0.05) is 30.3 Å². The van der Waals surface area contributed by atoms with E-state index >= 15 is 0 Å². The first kappa shape index (κ1) is 23.5. The smallest absolute Gasteiger partial charge is 0.357 e. The summed E-state index contributed by atoms with van der Waals surface area (Å²) < 4.78 is 37.9. The van der Waals surface area contributed by atoms with Gasteiger partial charge in [0.05, 0.1) is 18.8 Å². The van der Waals surface area contributed by atoms with Crippen molar-refractivity contribution in [1.29, 1.82) is 0 Å². The second kappa shape index (κ2) is 10.9. The van der Waals surface area contributed by atoms with E-state index in [1.54, 1.807) is 0 Å². The van der Waals surface area contributed by atoms with Crippen LogP contribution in [-0.2, 0) is 19.3 Å². The minimum Gasteiger partial charge on any atom is -0.357 e. The Labute approximate surface area is 191 Å². The van der Waals surface area contributed by atoms with Crippen LogP contribution in [0.15, 0.2) is 46.1 Å². The van der Waals surface area contributed by atoms with Gasteiger partial charge in [-0.2, -0.15) is 13.2 Å². The van der Waals surface area contributed by atoms with Crippen LogP contribution in [0.5, 0.6) is 0 Å². The van der Waals surface area contributed by atoms with Crippen molar-refractivity contribution in [2.75, 3.05) is 6.54 Å². The van der Waals surface area contributed by atoms with Crippen molar-refractivity contribution in [2.45, 2.75) is 26.2 Å². The summed E-state index contributed by atoms with van der Waals surface area (Å²) in [4.78, 5) is 12.5. The van der Waals surface area contributed by atoms with Crippen LogP contribution in [0.4, 0.5) is 13.2 Å². The summed E-state index contributed by atoms with van der Waals surface area (Å²) >= 11 is 2.48. The molecule has 0 atom stereocenters. The summed E-state index contributed by atoms with van der Waals surface area (Å²) in [5, 5.41) is 10.4. The quantitative estimate of drug-likeness (QED) is 0.252. The first-order valence-corrected chi connectivity index (χ1v) is 10.2. The fourth-order valence-electron chi connectivity index (χ4n) is 2.30. The van der Waals surface area contributed by atoms with E-state index in [-0.39, 0.29) is 30.5 Å². The molecule has 2 heterocycles. The first-order valence-electron chi connectivity index (χ1n) is 8.49. The highest BCUT2D eigenvalue weighted by Gasteiger charge is 2.33. The van der Waals surface area contributed by atoms with Gasteiger partial charge in [-0.15, -0.1) is 46.7 Å². The Hall–Kier alpha value is -1.73. The highest BCUT2D eigenvalue weighted by atomic mass is 127. The molecule has 0 aliphatic carbocycles. The predicted molar refractivity (Wildman–Crippen MR) is 122 cm³/mol. The maximum Gasteiger partial charge on any atom is 0.434 e. The van der Waals surface area contributed by atoms with Crippen LogP contribution in [0, 0.1) is 0 Å². The Kier molecular flexibility index (Phi) is 8.83. The second-order valence-corrected chi connectivity index (χ2v) is 7.55. The maximum atomic E-state index is 12.6. The average Bonchev–Trinajstić information content (AvgIpc) is 3.34. The Bertz CT molecular complexity index is 925. The van der Waals surface area contributed by atoms with Gasteiger partial charge in [-0.3, -0.25) is 0 Å². The number of rotatable bonds is 6. The van der Waals surface area contributed by atoms with Crippen molar-refractivity contribution in [1.82, 2.24) is 20.6 Å². The summed E-state index contributed by atoms with van der Waals surface area (Å²) in [6.07, 6.45) is -4.43. The van der Waals surface area contributed by atoms with E-state index in [0.717, 1.165) is 33.0 Å². The third-order valence-corrected chi connectivity index (χ3v) is 5.27. The summed E-state index contributed by atoms with van der Waals surface area (Å²) in [7, 11) is 0. The number of thiazole rings is 2. The van der Waals surface area contributed by atoms with Gasteiger partial charge in [0.2, 0.25) is 0 Å². The number of guanidine groups is 1. The summed E-state index contributed by atoms with van der Waals surface area (Å²) in [5.41, 5.74) is 1.08. The fraction of sp³-hybridized carbons (Fsp3) is 0.278. The van der Waals surface area contributed by atoms with Gasteiger partial charge in [0.15, 0.2) is 11.7 Å². The molecule has 5 nitrogen and oxygen atoms in total. The van der Waals surface area contributed by atoms with E-state index in [1.807, 2.05) is 42.6 Å². The molecule has 0 saturated heterocycles. The molecular weight excluding hydrogens is 534 g/mol. The monoisotopic (exact) mass is 553 g/mol. The van der Waals surface area contributed by atoms with Gasteiger partial charge in [-0.05, 0) is 6.92 Å². The van der Waals surface area contributed by atoms with Crippen LogP contribution in [-0.4, -0.2) is 22.5 Å². The highest BCUT2D eigenvalue weighted by molar-refractivity contribution is 14.0. The molecule has 0 aliphatic heterocycles. The van der Waals surface area contributed by atoms with Crippen molar-refractivity contribution in [3.05, 3.63) is 56.8 Å². The molecule has 11 heteroatoms. The average molecular weight is 553 g/mol. The molecule has 3 rings (SSSR count). The van der Waals surface area contributed by atoms with E-state index in [4.69, 9.17) is 0 Å². The number of aliphatic imine (C=N–C) groups is 1. The predicted octanol–water partition coefficient (Wildman–Crippen LogP) is 5.16. The minimum absolute atomic E-state index is 0. The Morgan fingerprint density at radius 1 is 1.03 bits per heavy atom. The molecule has 29 heavy (non-hydrogen) atoms. The lowest BCUT2D eigenvalue weighted by Crippen LogP contribution is -2.36. The first-order chi connectivity index (χ1) is 13.5. The summed E-state index contributed by atoms with van der Waals surface area (Å²) in [6, 6.07) is 9.89. The van der Waals surface area contributed by atoms with Gasteiger partial charge in [-0.25, -0.2) is 15.0 Å². The number of alkyl halides is 3. The van der Waals surface area contributed by atoms with E-state index < -0.39 is 11.9 Å². The van der Waals surface area contributed by atoms with Crippen molar-refractivity contribution < 1.29 is 13.2 Å². The number of hydrogen-bond donors (Lipinski definition) is 2. The van der Waals surface area contributed by atoms with Crippen molar-refractivity contribution in [3.63, 3.8) is 0 Å². The maximum absolute atomic E-state index is 12.6. The van der Waals surface area contributed by atoms with Crippen LogP contribution in [0.2, 0.25) is 0 Å². The number of benzene rings is 1. The molecular formula is C18H19F3IN5S2.